The molecule has 2 aromatic rings. The zero-order valence-corrected chi connectivity index (χ0v) is 25.4. The van der Waals surface area contributed by atoms with E-state index < -0.39 is 0 Å². The molecule has 1 saturated carbocycles. The van der Waals surface area contributed by atoms with Crippen LogP contribution in [0.3, 0.4) is 0 Å². The maximum absolute atomic E-state index is 13.8. The first-order chi connectivity index (χ1) is 19.8. The van der Waals surface area contributed by atoms with Crippen molar-refractivity contribution in [3.05, 3.63) is 75.9 Å². The molecule has 5 rings (SSSR count). The van der Waals surface area contributed by atoms with Crippen LogP contribution in [0.4, 0.5) is 5.69 Å². The summed E-state index contributed by atoms with van der Waals surface area (Å²) in [4.78, 5) is 31.5. The first kappa shape index (κ1) is 29.5. The van der Waals surface area contributed by atoms with Crippen molar-refractivity contribution in [2.24, 2.45) is 0 Å². The Balaban J connectivity index is 1.45. The summed E-state index contributed by atoms with van der Waals surface area (Å²) in [7, 11) is 0. The molecule has 2 fully saturated rings. The summed E-state index contributed by atoms with van der Waals surface area (Å²) < 4.78 is 5.50. The predicted molar refractivity (Wildman–Crippen MR) is 168 cm³/mol. The standard InChI is InChI=1S/C36H46N2O3/c1-5-38(31-8-6-7-9-31)34-23-30(29-12-10-28(11-13-29)24-37-16-18-41-19-17-37)22-33(27(34)4)35(39)15-14-32-26(3)20-25(2)21-36(32)40/h10-13,20,22-23,31H,5-9,14-19,21,24H2,1-4H3. The second-order valence-corrected chi connectivity index (χ2v) is 12.2. The summed E-state index contributed by atoms with van der Waals surface area (Å²) in [6.45, 7) is 13.7. The molecule has 0 atom stereocenters. The molecule has 0 unspecified atom stereocenters. The molecule has 0 radical (unpaired) electrons. The first-order valence-electron chi connectivity index (χ1n) is 15.6. The molecule has 0 aromatic heterocycles. The monoisotopic (exact) mass is 554 g/mol. The number of nitrogens with zero attached hydrogens (tertiary/aromatic N) is 2. The molecule has 2 aliphatic carbocycles. The molecule has 3 aliphatic rings. The van der Waals surface area contributed by atoms with Crippen LogP contribution < -0.4 is 4.90 Å². The lowest BCUT2D eigenvalue weighted by atomic mass is 9.87. The number of allylic oxidation sites excluding steroid dienone is 4. The zero-order chi connectivity index (χ0) is 28.9. The summed E-state index contributed by atoms with van der Waals surface area (Å²) in [5.41, 5.74) is 9.47. The largest absolute Gasteiger partial charge is 0.379 e. The average Bonchev–Trinajstić information content (AvgIpc) is 3.49. The number of hydrogen-bond acceptors (Lipinski definition) is 5. The molecule has 5 nitrogen and oxygen atoms in total. The van der Waals surface area contributed by atoms with Crippen LogP contribution in [0.1, 0.15) is 87.2 Å². The maximum atomic E-state index is 13.8. The fourth-order valence-electron chi connectivity index (χ4n) is 6.91. The molecular formula is C36H46N2O3. The van der Waals surface area contributed by atoms with Gasteiger partial charge in [-0.15, -0.1) is 0 Å². The average molecular weight is 555 g/mol. The van der Waals surface area contributed by atoms with Crippen LogP contribution >= 0.6 is 0 Å². The molecule has 1 saturated heterocycles. The van der Waals surface area contributed by atoms with E-state index >= 15 is 0 Å². The van der Waals surface area contributed by atoms with Crippen molar-refractivity contribution in [2.75, 3.05) is 37.7 Å². The van der Waals surface area contributed by atoms with Crippen molar-refractivity contribution in [1.29, 1.82) is 0 Å². The maximum Gasteiger partial charge on any atom is 0.163 e. The number of morpholine rings is 1. The quantitative estimate of drug-likeness (QED) is 0.285. The zero-order valence-electron chi connectivity index (χ0n) is 25.4. The molecule has 2 aromatic carbocycles. The van der Waals surface area contributed by atoms with E-state index in [1.807, 2.05) is 13.8 Å². The Morgan fingerprint density at radius 1 is 1.00 bits per heavy atom. The van der Waals surface area contributed by atoms with Crippen LogP contribution in [0, 0.1) is 6.92 Å². The molecule has 0 bridgehead atoms. The van der Waals surface area contributed by atoms with E-state index in [1.54, 1.807) is 0 Å². The van der Waals surface area contributed by atoms with Gasteiger partial charge in [0, 0.05) is 56.3 Å². The summed E-state index contributed by atoms with van der Waals surface area (Å²) in [6, 6.07) is 13.8. The Morgan fingerprint density at radius 3 is 2.37 bits per heavy atom. The van der Waals surface area contributed by atoms with Crippen molar-refractivity contribution in [3.63, 3.8) is 0 Å². The Kier molecular flexibility index (Phi) is 9.57. The fourth-order valence-corrected chi connectivity index (χ4v) is 6.91. The predicted octanol–water partition coefficient (Wildman–Crippen LogP) is 7.46. The van der Waals surface area contributed by atoms with Crippen LogP contribution in [0.25, 0.3) is 11.1 Å². The van der Waals surface area contributed by atoms with Gasteiger partial charge in [0.1, 0.15) is 0 Å². The number of rotatable bonds is 10. The van der Waals surface area contributed by atoms with Crippen LogP contribution in [0.5, 0.6) is 0 Å². The second kappa shape index (κ2) is 13.3. The summed E-state index contributed by atoms with van der Waals surface area (Å²) in [5.74, 6) is 0.286. The van der Waals surface area contributed by atoms with Gasteiger partial charge in [-0.3, -0.25) is 14.5 Å². The normalized spacial score (nSPS) is 18.6. The SMILES string of the molecule is CCN(c1cc(-c2ccc(CN3CCOCC3)cc2)cc(C(=O)CCC2=C(C)C=C(C)CC2=O)c1C)C1CCCC1. The Morgan fingerprint density at radius 2 is 1.71 bits per heavy atom. The van der Waals surface area contributed by atoms with Gasteiger partial charge in [-0.25, -0.2) is 0 Å². The van der Waals surface area contributed by atoms with Gasteiger partial charge in [0.15, 0.2) is 11.6 Å². The third-order valence-electron chi connectivity index (χ3n) is 9.21. The van der Waals surface area contributed by atoms with Gasteiger partial charge < -0.3 is 9.64 Å². The minimum absolute atomic E-state index is 0.122. The van der Waals surface area contributed by atoms with Crippen LogP contribution in [0.15, 0.2) is 59.2 Å². The molecule has 1 aliphatic heterocycles. The molecule has 0 spiro atoms. The van der Waals surface area contributed by atoms with E-state index in [-0.39, 0.29) is 11.6 Å². The van der Waals surface area contributed by atoms with Crippen LogP contribution in [0.2, 0.25) is 0 Å². The number of carbonyl (C=O) groups is 2. The Labute approximate surface area is 246 Å². The van der Waals surface area contributed by atoms with E-state index in [4.69, 9.17) is 4.74 Å². The molecular weight excluding hydrogens is 508 g/mol. The summed E-state index contributed by atoms with van der Waals surface area (Å²) >= 11 is 0. The third-order valence-corrected chi connectivity index (χ3v) is 9.21. The summed E-state index contributed by atoms with van der Waals surface area (Å²) in [6.07, 6.45) is 8.37. The molecule has 5 heteroatoms. The number of anilines is 1. The number of ketones is 2. The fraction of sp³-hybridized carbons (Fsp3) is 0.500. The minimum Gasteiger partial charge on any atom is -0.379 e. The smallest absolute Gasteiger partial charge is 0.163 e. The first-order valence-corrected chi connectivity index (χ1v) is 15.6. The van der Waals surface area contributed by atoms with Crippen LogP contribution in [-0.2, 0) is 16.1 Å². The van der Waals surface area contributed by atoms with Crippen molar-refractivity contribution in [3.8, 4) is 11.1 Å². The van der Waals surface area contributed by atoms with E-state index in [1.165, 1.54) is 36.9 Å². The number of hydrogen-bond donors (Lipinski definition) is 0. The van der Waals surface area contributed by atoms with Crippen molar-refractivity contribution in [2.45, 2.75) is 85.2 Å². The van der Waals surface area contributed by atoms with Crippen molar-refractivity contribution in [1.82, 2.24) is 4.90 Å². The third kappa shape index (κ3) is 6.90. The topological polar surface area (TPSA) is 49.9 Å². The Bertz CT molecular complexity index is 1330. The van der Waals surface area contributed by atoms with E-state index in [0.717, 1.165) is 78.4 Å². The highest BCUT2D eigenvalue weighted by Crippen LogP contribution is 2.36. The molecule has 41 heavy (non-hydrogen) atoms. The van der Waals surface area contributed by atoms with E-state index in [9.17, 15) is 9.59 Å². The van der Waals surface area contributed by atoms with Crippen molar-refractivity contribution < 1.29 is 14.3 Å². The van der Waals surface area contributed by atoms with Crippen molar-refractivity contribution >= 4 is 17.3 Å². The molecule has 0 amide bonds. The number of benzene rings is 2. The second-order valence-electron chi connectivity index (χ2n) is 12.2. The highest BCUT2D eigenvalue weighted by Gasteiger charge is 2.26. The number of Topliss-reactive ketones (excluding diaryl/α,β-unsaturated/α-hetero) is 2. The van der Waals surface area contributed by atoms with Gasteiger partial charge >= 0.3 is 0 Å². The minimum atomic E-state index is 0.122. The Hall–Kier alpha value is -3.02. The highest BCUT2D eigenvalue weighted by atomic mass is 16.5. The van der Waals surface area contributed by atoms with Gasteiger partial charge in [-0.1, -0.05) is 48.8 Å². The lowest BCUT2D eigenvalue weighted by molar-refractivity contribution is -0.115. The van der Waals surface area contributed by atoms with Gasteiger partial charge in [0.2, 0.25) is 0 Å². The van der Waals surface area contributed by atoms with Gasteiger partial charge in [-0.2, -0.15) is 0 Å². The summed E-state index contributed by atoms with van der Waals surface area (Å²) in [5, 5.41) is 0. The number of ether oxygens (including phenoxy) is 1. The molecule has 1 heterocycles. The van der Waals surface area contributed by atoms with Gasteiger partial charge in [0.25, 0.3) is 0 Å². The molecule has 218 valence electrons. The molecule has 0 N–H and O–H groups in total. The van der Waals surface area contributed by atoms with Gasteiger partial charge in [0.05, 0.1) is 13.2 Å². The lowest BCUT2D eigenvalue weighted by Gasteiger charge is -2.32. The lowest BCUT2D eigenvalue weighted by Crippen LogP contribution is -2.35. The van der Waals surface area contributed by atoms with E-state index in [0.29, 0.717) is 25.3 Å². The van der Waals surface area contributed by atoms with Crippen LogP contribution in [-0.4, -0.2) is 55.4 Å². The highest BCUT2D eigenvalue weighted by molar-refractivity contribution is 6.03. The van der Waals surface area contributed by atoms with Gasteiger partial charge in [-0.05, 0) is 92.5 Å². The van der Waals surface area contributed by atoms with E-state index in [2.05, 4.69) is 66.1 Å². The number of carbonyl (C=O) groups excluding carboxylic acids is 2.